The molecule has 1 fully saturated rings. The maximum atomic E-state index is 4.05. The topological polar surface area (TPSA) is 24.4 Å². The third-order valence-electron chi connectivity index (χ3n) is 1.05. The van der Waals surface area contributed by atoms with E-state index in [2.05, 4.69) is 10.5 Å². The molecule has 0 bridgehead atoms. The van der Waals surface area contributed by atoms with Crippen molar-refractivity contribution < 1.29 is 0 Å². The summed E-state index contributed by atoms with van der Waals surface area (Å²) in [5, 5.41) is 4.05. The van der Waals surface area contributed by atoms with Crippen LogP contribution in [0.4, 0.5) is 0 Å². The number of hydrogen-bond donors (Lipinski definition) is 1. The summed E-state index contributed by atoms with van der Waals surface area (Å²) >= 11 is 0. The third kappa shape index (κ3) is 1.96. The lowest BCUT2D eigenvalue weighted by Crippen LogP contribution is -2.08. The van der Waals surface area contributed by atoms with Gasteiger partial charge in [0.1, 0.15) is 0 Å². The van der Waals surface area contributed by atoms with Gasteiger partial charge in [-0.15, -0.1) is 0 Å². The van der Waals surface area contributed by atoms with Gasteiger partial charge in [0.15, 0.2) is 0 Å². The second-order valence-corrected chi connectivity index (χ2v) is 2.46. The minimum absolute atomic E-state index is 0.699. The van der Waals surface area contributed by atoms with Crippen LogP contribution in [0.15, 0.2) is 5.10 Å². The number of rotatable bonds is 2. The molecule has 0 unspecified atom stereocenters. The number of hydrogen-bond acceptors (Lipinski definition) is 2. The summed E-state index contributed by atoms with van der Waals surface area (Å²) < 4.78 is 0. The fraction of sp³-hybridized carbons (Fsp3) is 0.833. The van der Waals surface area contributed by atoms with Crippen LogP contribution in [0.25, 0.3) is 0 Å². The molecular formula is C6H12N2. The van der Waals surface area contributed by atoms with E-state index in [0.717, 1.165) is 5.71 Å². The normalized spacial score (nSPS) is 17.8. The Hall–Kier alpha value is -0.530. The number of nitrogens with zero attached hydrogens (tertiary/aromatic N) is 1. The summed E-state index contributed by atoms with van der Waals surface area (Å²) in [5.41, 5.74) is 4.15. The Morgan fingerprint density at radius 1 is 1.50 bits per heavy atom. The molecule has 0 heterocycles. The lowest BCUT2D eigenvalue weighted by Gasteiger charge is -1.93. The van der Waals surface area contributed by atoms with Crippen molar-refractivity contribution in [3.8, 4) is 0 Å². The zero-order valence-corrected chi connectivity index (χ0v) is 5.44. The maximum Gasteiger partial charge on any atom is 0.0441 e. The highest BCUT2D eigenvalue weighted by Gasteiger charge is 2.19. The maximum absolute atomic E-state index is 4.05. The highest BCUT2D eigenvalue weighted by atomic mass is 15.3. The fourth-order valence-corrected chi connectivity index (χ4v) is 0.433. The van der Waals surface area contributed by atoms with E-state index in [4.69, 9.17) is 0 Å². The molecule has 0 aromatic rings. The minimum atomic E-state index is 0.699. The molecule has 8 heavy (non-hydrogen) atoms. The van der Waals surface area contributed by atoms with Gasteiger partial charge < -0.3 is 5.43 Å². The minimum Gasteiger partial charge on any atom is -0.307 e. The van der Waals surface area contributed by atoms with Gasteiger partial charge in [0.05, 0.1) is 0 Å². The van der Waals surface area contributed by atoms with Gasteiger partial charge >= 0.3 is 0 Å². The van der Waals surface area contributed by atoms with E-state index < -0.39 is 0 Å². The zero-order valence-electron chi connectivity index (χ0n) is 5.44. The van der Waals surface area contributed by atoms with Gasteiger partial charge in [-0.3, -0.25) is 0 Å². The molecule has 2 heteroatoms. The molecule has 0 aromatic carbocycles. The molecule has 0 amide bonds. The van der Waals surface area contributed by atoms with Gasteiger partial charge in [0, 0.05) is 11.8 Å². The molecule has 2 nitrogen and oxygen atoms in total. The highest BCUT2D eigenvalue weighted by molar-refractivity contribution is 5.78. The van der Waals surface area contributed by atoms with Gasteiger partial charge in [-0.2, -0.15) is 5.10 Å². The van der Waals surface area contributed by atoms with Gasteiger partial charge in [-0.25, -0.2) is 0 Å². The first kappa shape index (κ1) is 5.60. The van der Waals surface area contributed by atoms with Gasteiger partial charge in [-0.05, 0) is 26.7 Å². The third-order valence-corrected chi connectivity index (χ3v) is 1.05. The van der Waals surface area contributed by atoms with Crippen LogP contribution >= 0.6 is 0 Å². The Bertz CT molecular complexity index is 99.1. The predicted molar refractivity (Wildman–Crippen MR) is 34.9 cm³/mol. The van der Waals surface area contributed by atoms with Crippen LogP contribution in [0.5, 0.6) is 0 Å². The van der Waals surface area contributed by atoms with E-state index in [1.54, 1.807) is 0 Å². The molecule has 0 aromatic heterocycles. The van der Waals surface area contributed by atoms with E-state index in [9.17, 15) is 0 Å². The summed E-state index contributed by atoms with van der Waals surface area (Å²) in [6.07, 6.45) is 2.60. The van der Waals surface area contributed by atoms with E-state index in [1.807, 2.05) is 13.8 Å². The predicted octanol–water partition coefficient (Wildman–Crippen LogP) is 1.13. The number of hydrazone groups is 1. The van der Waals surface area contributed by atoms with Crippen molar-refractivity contribution in [2.75, 3.05) is 0 Å². The molecule has 0 atom stereocenters. The molecule has 0 spiro atoms. The van der Waals surface area contributed by atoms with Crippen molar-refractivity contribution in [2.24, 2.45) is 5.10 Å². The average Bonchev–Trinajstić information content (AvgIpc) is 2.41. The van der Waals surface area contributed by atoms with Crippen molar-refractivity contribution >= 4 is 5.71 Å². The Kier molecular flexibility index (Phi) is 1.51. The van der Waals surface area contributed by atoms with E-state index in [-0.39, 0.29) is 0 Å². The average molecular weight is 112 g/mol. The first-order valence-corrected chi connectivity index (χ1v) is 3.05. The van der Waals surface area contributed by atoms with Crippen molar-refractivity contribution in [1.82, 2.24) is 5.43 Å². The summed E-state index contributed by atoms with van der Waals surface area (Å²) in [6.45, 7) is 3.99. The van der Waals surface area contributed by atoms with Crippen LogP contribution < -0.4 is 5.43 Å². The summed E-state index contributed by atoms with van der Waals surface area (Å²) in [5.74, 6) is 0. The van der Waals surface area contributed by atoms with Crippen molar-refractivity contribution in [2.45, 2.75) is 32.7 Å². The second kappa shape index (κ2) is 2.16. The highest BCUT2D eigenvalue weighted by Crippen LogP contribution is 2.18. The first-order valence-electron chi connectivity index (χ1n) is 3.05. The molecule has 1 rings (SSSR count). The molecule has 46 valence electrons. The fourth-order valence-electron chi connectivity index (χ4n) is 0.433. The summed E-state index contributed by atoms with van der Waals surface area (Å²) in [4.78, 5) is 0. The van der Waals surface area contributed by atoms with Gasteiger partial charge in [0.2, 0.25) is 0 Å². The Morgan fingerprint density at radius 2 is 2.12 bits per heavy atom. The summed E-state index contributed by atoms with van der Waals surface area (Å²) in [7, 11) is 0. The SMILES string of the molecule is CC(C)=NNC1CC1. The summed E-state index contributed by atoms with van der Waals surface area (Å²) in [6, 6.07) is 0.699. The Labute approximate surface area is 50.0 Å². The molecule has 0 saturated heterocycles. The smallest absolute Gasteiger partial charge is 0.0441 e. The number of nitrogens with one attached hydrogen (secondary N) is 1. The van der Waals surface area contributed by atoms with Crippen LogP contribution in [0.2, 0.25) is 0 Å². The van der Waals surface area contributed by atoms with Gasteiger partial charge in [-0.1, -0.05) is 0 Å². The Balaban J connectivity index is 2.10. The lowest BCUT2D eigenvalue weighted by atomic mass is 10.5. The van der Waals surface area contributed by atoms with E-state index in [0.29, 0.717) is 6.04 Å². The van der Waals surface area contributed by atoms with Crippen LogP contribution in [0.1, 0.15) is 26.7 Å². The van der Waals surface area contributed by atoms with Crippen LogP contribution in [0.3, 0.4) is 0 Å². The molecule has 1 N–H and O–H groups in total. The largest absolute Gasteiger partial charge is 0.307 e. The van der Waals surface area contributed by atoms with E-state index >= 15 is 0 Å². The Morgan fingerprint density at radius 3 is 2.50 bits per heavy atom. The van der Waals surface area contributed by atoms with Gasteiger partial charge in [0.25, 0.3) is 0 Å². The second-order valence-electron chi connectivity index (χ2n) is 2.46. The quantitative estimate of drug-likeness (QED) is 0.420. The molecule has 1 saturated carbocycles. The van der Waals surface area contributed by atoms with E-state index in [1.165, 1.54) is 12.8 Å². The van der Waals surface area contributed by atoms with Crippen LogP contribution in [0, 0.1) is 0 Å². The standard InChI is InChI=1S/C6H12N2/c1-5(2)7-8-6-3-4-6/h6,8H,3-4H2,1-2H3. The molecule has 0 radical (unpaired) electrons. The zero-order chi connectivity index (χ0) is 5.98. The molecular weight excluding hydrogens is 100 g/mol. The monoisotopic (exact) mass is 112 g/mol. The lowest BCUT2D eigenvalue weighted by molar-refractivity contribution is 0.736. The first-order chi connectivity index (χ1) is 3.79. The van der Waals surface area contributed by atoms with Crippen molar-refractivity contribution in [3.63, 3.8) is 0 Å². The molecule has 0 aliphatic heterocycles. The van der Waals surface area contributed by atoms with Crippen molar-refractivity contribution in [3.05, 3.63) is 0 Å². The van der Waals surface area contributed by atoms with Crippen LogP contribution in [-0.2, 0) is 0 Å². The molecule has 1 aliphatic carbocycles. The molecule has 1 aliphatic rings. The van der Waals surface area contributed by atoms with Crippen LogP contribution in [-0.4, -0.2) is 11.8 Å². The van der Waals surface area contributed by atoms with Crippen molar-refractivity contribution in [1.29, 1.82) is 0 Å².